The van der Waals surface area contributed by atoms with Crippen LogP contribution in [0.2, 0.25) is 0 Å². The lowest BCUT2D eigenvalue weighted by Gasteiger charge is -2.42. The fraction of sp³-hybridized carbons (Fsp3) is 0.920. The third-order valence-electron chi connectivity index (χ3n) is 7.71. The summed E-state index contributed by atoms with van der Waals surface area (Å²) in [5, 5.41) is 5.79. The van der Waals surface area contributed by atoms with E-state index in [1.165, 1.54) is 7.11 Å². The van der Waals surface area contributed by atoms with Crippen molar-refractivity contribution in [3.63, 3.8) is 0 Å². The number of epoxide rings is 2. The molecule has 0 radical (unpaired) electrons. The highest BCUT2D eigenvalue weighted by Crippen LogP contribution is 2.59. The molecule has 3 fully saturated rings. The molecule has 34 heavy (non-hydrogen) atoms. The Morgan fingerprint density at radius 3 is 2.50 bits per heavy atom. The lowest BCUT2D eigenvalue weighted by atomic mass is 9.68. The number of carbonyl (C=O) groups excluding carboxylic acids is 2. The number of carbonyl (C=O) groups is 2. The number of ether oxygens (including phenoxy) is 5. The van der Waals surface area contributed by atoms with Crippen molar-refractivity contribution >= 4 is 12.1 Å². The first-order chi connectivity index (χ1) is 16.2. The van der Waals surface area contributed by atoms with Crippen LogP contribution in [0.4, 0.5) is 4.79 Å². The van der Waals surface area contributed by atoms with Crippen molar-refractivity contribution in [3.8, 4) is 0 Å². The summed E-state index contributed by atoms with van der Waals surface area (Å²) in [5.41, 5.74) is -0.618. The smallest absolute Gasteiger partial charge is 0.408 e. The zero-order chi connectivity index (χ0) is 24.9. The van der Waals surface area contributed by atoms with Gasteiger partial charge in [0.1, 0.15) is 29.5 Å². The first-order valence-electron chi connectivity index (χ1n) is 12.7. The molecule has 196 valence electrons. The normalized spacial score (nSPS) is 35.1. The number of esters is 1. The molecule has 9 heteroatoms. The number of unbranched alkanes of at least 4 members (excludes halogenated alkanes) is 1. The van der Waals surface area contributed by atoms with Gasteiger partial charge in [-0.2, -0.15) is 0 Å². The summed E-state index contributed by atoms with van der Waals surface area (Å²) in [7, 11) is 4.86. The molecule has 4 unspecified atom stereocenters. The van der Waals surface area contributed by atoms with Crippen LogP contribution < -0.4 is 10.6 Å². The Labute approximate surface area is 203 Å². The number of methoxy groups -OCH3 is 2. The van der Waals surface area contributed by atoms with Crippen LogP contribution >= 0.6 is 0 Å². The number of hydrogen-bond donors (Lipinski definition) is 2. The highest BCUT2D eigenvalue weighted by Gasteiger charge is 2.72. The van der Waals surface area contributed by atoms with E-state index < -0.39 is 24.2 Å². The maximum atomic E-state index is 12.8. The Morgan fingerprint density at radius 2 is 1.91 bits per heavy atom. The Kier molecular flexibility index (Phi) is 9.23. The van der Waals surface area contributed by atoms with Gasteiger partial charge in [0, 0.05) is 7.11 Å². The maximum Gasteiger partial charge on any atom is 0.408 e. The molecular formula is C25H44N2O7. The van der Waals surface area contributed by atoms with E-state index in [4.69, 9.17) is 23.7 Å². The summed E-state index contributed by atoms with van der Waals surface area (Å²) < 4.78 is 28.9. The average molecular weight is 485 g/mol. The molecule has 1 amide bonds. The van der Waals surface area contributed by atoms with Gasteiger partial charge in [0.05, 0.1) is 25.7 Å². The van der Waals surface area contributed by atoms with E-state index in [1.807, 2.05) is 7.05 Å². The third-order valence-corrected chi connectivity index (χ3v) is 7.71. The maximum absolute atomic E-state index is 12.8. The minimum absolute atomic E-state index is 0.0216. The van der Waals surface area contributed by atoms with Crippen LogP contribution in [-0.4, -0.2) is 82.0 Å². The Morgan fingerprint density at radius 1 is 1.18 bits per heavy atom. The largest absolute Gasteiger partial charge is 0.467 e. The lowest BCUT2D eigenvalue weighted by Crippen LogP contribution is -2.56. The molecule has 2 saturated heterocycles. The van der Waals surface area contributed by atoms with Crippen molar-refractivity contribution in [1.29, 1.82) is 0 Å². The van der Waals surface area contributed by atoms with Crippen LogP contribution in [0.3, 0.4) is 0 Å². The molecule has 1 aliphatic carbocycles. The zero-order valence-corrected chi connectivity index (χ0v) is 21.7. The van der Waals surface area contributed by atoms with Crippen molar-refractivity contribution in [3.05, 3.63) is 0 Å². The monoisotopic (exact) mass is 484 g/mol. The predicted octanol–water partition coefficient (Wildman–Crippen LogP) is 2.80. The number of nitrogens with one attached hydrogen (secondary N) is 2. The number of alkyl carbamates (subject to hydrolysis) is 1. The molecule has 3 aliphatic rings. The van der Waals surface area contributed by atoms with Gasteiger partial charge in [0.25, 0.3) is 0 Å². The standard InChI is InChI=1S/C25H44N2O7/c1-16(2)10-11-19-24(3,34-19)21-20(30-5)18(12-13-25(21)15-32-25)33-23(29)27-17(22(28)31-6)9-7-8-14-26-4/h16-21,26H,7-15H2,1-6H3,(H,27,29)/t17?,18?,19-,20?,21?,24+,25+/m1/s1. The van der Waals surface area contributed by atoms with Crippen molar-refractivity contribution in [2.24, 2.45) is 11.8 Å². The van der Waals surface area contributed by atoms with Gasteiger partial charge in [-0.05, 0) is 71.4 Å². The summed E-state index contributed by atoms with van der Waals surface area (Å²) in [4.78, 5) is 25.0. The molecule has 2 N–H and O–H groups in total. The molecule has 1 spiro atoms. The van der Waals surface area contributed by atoms with Crippen molar-refractivity contribution in [2.45, 2.75) is 101 Å². The second kappa shape index (κ2) is 11.5. The second-order valence-corrected chi connectivity index (χ2v) is 10.6. The van der Waals surface area contributed by atoms with Gasteiger partial charge >= 0.3 is 12.1 Å². The lowest BCUT2D eigenvalue weighted by molar-refractivity contribution is -0.143. The minimum atomic E-state index is -0.738. The van der Waals surface area contributed by atoms with E-state index in [0.717, 1.165) is 38.6 Å². The highest BCUT2D eigenvalue weighted by atomic mass is 16.6. The van der Waals surface area contributed by atoms with Gasteiger partial charge in [-0.15, -0.1) is 0 Å². The fourth-order valence-corrected chi connectivity index (χ4v) is 5.63. The summed E-state index contributed by atoms with van der Waals surface area (Å²) in [5.74, 6) is 0.125. The second-order valence-electron chi connectivity index (χ2n) is 10.6. The number of amides is 1. The molecule has 0 aromatic rings. The van der Waals surface area contributed by atoms with Crippen molar-refractivity contribution in [2.75, 3.05) is 34.4 Å². The SMILES string of the molecule is CNCCCCC(NC(=O)OC1CC[C@]2(CO2)C([C@@]2(C)O[C@@H]2CCC(C)C)C1OC)C(=O)OC. The van der Waals surface area contributed by atoms with Gasteiger partial charge in [0.2, 0.25) is 0 Å². The average Bonchev–Trinajstić information content (AvgIpc) is 3.72. The quantitative estimate of drug-likeness (QED) is 0.233. The predicted molar refractivity (Wildman–Crippen MR) is 127 cm³/mol. The molecule has 9 nitrogen and oxygen atoms in total. The van der Waals surface area contributed by atoms with Crippen LogP contribution in [0.1, 0.15) is 65.7 Å². The van der Waals surface area contributed by atoms with Crippen LogP contribution in [0.25, 0.3) is 0 Å². The Bertz CT molecular complexity index is 699. The van der Waals surface area contributed by atoms with E-state index in [-0.39, 0.29) is 29.3 Å². The fourth-order valence-electron chi connectivity index (χ4n) is 5.63. The number of rotatable bonds is 13. The van der Waals surface area contributed by atoms with Gasteiger partial charge in [-0.3, -0.25) is 0 Å². The first kappa shape index (κ1) is 27.2. The first-order valence-corrected chi connectivity index (χ1v) is 12.7. The van der Waals surface area contributed by atoms with Crippen LogP contribution in [0.5, 0.6) is 0 Å². The van der Waals surface area contributed by atoms with E-state index >= 15 is 0 Å². The zero-order valence-electron chi connectivity index (χ0n) is 21.7. The van der Waals surface area contributed by atoms with Gasteiger partial charge < -0.3 is 34.3 Å². The van der Waals surface area contributed by atoms with Gasteiger partial charge in [-0.25, -0.2) is 9.59 Å². The molecule has 1 saturated carbocycles. The Balaban J connectivity index is 1.62. The summed E-state index contributed by atoms with van der Waals surface area (Å²) in [6.45, 7) is 8.10. The molecular weight excluding hydrogens is 440 g/mol. The molecule has 2 aliphatic heterocycles. The summed E-state index contributed by atoms with van der Waals surface area (Å²) in [6, 6.07) is -0.738. The van der Waals surface area contributed by atoms with E-state index in [9.17, 15) is 9.59 Å². The van der Waals surface area contributed by atoms with E-state index in [0.29, 0.717) is 25.4 Å². The molecule has 2 heterocycles. The summed E-state index contributed by atoms with van der Waals surface area (Å²) in [6.07, 6.45) is 4.44. The van der Waals surface area contributed by atoms with Crippen molar-refractivity contribution < 1.29 is 33.3 Å². The van der Waals surface area contributed by atoms with Crippen LogP contribution in [0.15, 0.2) is 0 Å². The molecule has 0 aromatic heterocycles. The molecule has 3 rings (SSSR count). The highest BCUT2D eigenvalue weighted by molar-refractivity contribution is 5.81. The Hall–Kier alpha value is -1.42. The summed E-state index contributed by atoms with van der Waals surface area (Å²) >= 11 is 0. The van der Waals surface area contributed by atoms with Crippen LogP contribution in [0, 0.1) is 11.8 Å². The van der Waals surface area contributed by atoms with Gasteiger partial charge in [-0.1, -0.05) is 13.8 Å². The van der Waals surface area contributed by atoms with Crippen molar-refractivity contribution in [1.82, 2.24) is 10.6 Å². The molecule has 7 atom stereocenters. The molecule has 0 aromatic carbocycles. The third kappa shape index (κ3) is 6.22. The van der Waals surface area contributed by atoms with Gasteiger partial charge in [0.15, 0.2) is 0 Å². The number of hydrogen-bond acceptors (Lipinski definition) is 8. The minimum Gasteiger partial charge on any atom is -0.467 e. The van der Waals surface area contributed by atoms with Crippen LogP contribution in [-0.2, 0) is 28.5 Å². The van der Waals surface area contributed by atoms with E-state index in [1.54, 1.807) is 7.11 Å². The topological polar surface area (TPSA) is 111 Å². The van der Waals surface area contributed by atoms with E-state index in [2.05, 4.69) is 31.4 Å². The molecule has 0 bridgehead atoms.